The number of rotatable bonds is 4. The van der Waals surface area contributed by atoms with Gasteiger partial charge in [-0.15, -0.1) is 0 Å². The van der Waals surface area contributed by atoms with Crippen molar-refractivity contribution in [3.63, 3.8) is 0 Å². The summed E-state index contributed by atoms with van der Waals surface area (Å²) in [5.41, 5.74) is -0.211. The zero-order chi connectivity index (χ0) is 14.8. The van der Waals surface area contributed by atoms with Gasteiger partial charge < -0.3 is 5.32 Å². The molecule has 0 aliphatic rings. The average molecular weight is 308 g/mol. The number of sulfone groups is 1. The summed E-state index contributed by atoms with van der Waals surface area (Å²) in [6.07, 6.45) is 1.08. The predicted molar refractivity (Wildman–Crippen MR) is 72.7 cm³/mol. The summed E-state index contributed by atoms with van der Waals surface area (Å²) in [7, 11) is -3.33. The Balaban J connectivity index is 2.85. The van der Waals surface area contributed by atoms with Gasteiger partial charge in [0.25, 0.3) is 5.91 Å². The van der Waals surface area contributed by atoms with Crippen molar-refractivity contribution in [2.45, 2.75) is 18.6 Å². The van der Waals surface area contributed by atoms with Crippen LogP contribution in [0.15, 0.2) is 18.2 Å². The van der Waals surface area contributed by atoms with Crippen LogP contribution in [0.25, 0.3) is 0 Å². The Morgan fingerprint density at radius 2 is 2.00 bits per heavy atom. The van der Waals surface area contributed by atoms with Gasteiger partial charge in [-0.3, -0.25) is 4.79 Å². The molecule has 0 atom stereocenters. The lowest BCUT2D eigenvalue weighted by atomic mass is 10.1. The van der Waals surface area contributed by atoms with E-state index in [2.05, 4.69) is 5.32 Å². The third-order valence-electron chi connectivity index (χ3n) is 2.85. The van der Waals surface area contributed by atoms with Crippen LogP contribution in [0.2, 0.25) is 5.02 Å². The maximum atomic E-state index is 13.4. The van der Waals surface area contributed by atoms with Gasteiger partial charge in [-0.2, -0.15) is 0 Å². The summed E-state index contributed by atoms with van der Waals surface area (Å²) in [4.78, 5) is 11.8. The van der Waals surface area contributed by atoms with E-state index >= 15 is 0 Å². The van der Waals surface area contributed by atoms with Crippen molar-refractivity contribution in [1.29, 1.82) is 0 Å². The molecule has 106 valence electrons. The monoisotopic (exact) mass is 307 g/mol. The number of carbonyl (C=O) groups is 1. The molecule has 0 heterocycles. The Kier molecular flexibility index (Phi) is 4.58. The van der Waals surface area contributed by atoms with Crippen molar-refractivity contribution >= 4 is 27.3 Å². The first-order chi connectivity index (χ1) is 8.54. The molecule has 0 spiro atoms. The van der Waals surface area contributed by atoms with Gasteiger partial charge >= 0.3 is 0 Å². The first kappa shape index (κ1) is 15.9. The summed E-state index contributed by atoms with van der Waals surface area (Å²) >= 11 is 5.68. The number of hydrogen-bond acceptors (Lipinski definition) is 3. The van der Waals surface area contributed by atoms with E-state index in [1.165, 1.54) is 26.0 Å². The van der Waals surface area contributed by atoms with Crippen LogP contribution in [0, 0.1) is 5.82 Å². The van der Waals surface area contributed by atoms with Crippen LogP contribution in [-0.2, 0) is 9.84 Å². The fraction of sp³-hybridized carbons (Fsp3) is 0.417. The van der Waals surface area contributed by atoms with Gasteiger partial charge in [-0.05, 0) is 32.0 Å². The number of amides is 1. The third-order valence-corrected chi connectivity index (χ3v) is 5.24. The smallest absolute Gasteiger partial charge is 0.254 e. The van der Waals surface area contributed by atoms with Crippen LogP contribution in [-0.4, -0.2) is 31.9 Å². The lowest BCUT2D eigenvalue weighted by Crippen LogP contribution is -2.43. The second-order valence-electron chi connectivity index (χ2n) is 4.84. The molecule has 1 amide bonds. The molecule has 0 aromatic heterocycles. The number of nitrogens with one attached hydrogen (secondary N) is 1. The van der Waals surface area contributed by atoms with E-state index in [0.717, 1.165) is 12.3 Å². The predicted octanol–water partition coefficient (Wildman–Crippen LogP) is 2.03. The highest BCUT2D eigenvalue weighted by atomic mass is 35.5. The summed E-state index contributed by atoms with van der Waals surface area (Å²) in [5.74, 6) is -1.41. The quantitative estimate of drug-likeness (QED) is 0.926. The normalized spacial score (nSPS) is 12.3. The molecule has 7 heteroatoms. The molecule has 4 nitrogen and oxygen atoms in total. The summed E-state index contributed by atoms with van der Waals surface area (Å²) in [5, 5.41) is 2.63. The van der Waals surface area contributed by atoms with Crippen LogP contribution >= 0.6 is 11.6 Å². The van der Waals surface area contributed by atoms with E-state index in [4.69, 9.17) is 11.6 Å². The molecule has 0 unspecified atom stereocenters. The van der Waals surface area contributed by atoms with Gasteiger partial charge in [-0.1, -0.05) is 11.6 Å². The van der Waals surface area contributed by atoms with Gasteiger partial charge in [0.15, 0.2) is 9.84 Å². The molecule has 1 rings (SSSR count). The Morgan fingerprint density at radius 1 is 1.42 bits per heavy atom. The van der Waals surface area contributed by atoms with E-state index in [1.54, 1.807) is 0 Å². The number of halogens is 2. The van der Waals surface area contributed by atoms with Crippen LogP contribution < -0.4 is 5.32 Å². The Morgan fingerprint density at radius 3 is 2.53 bits per heavy atom. The Bertz CT molecular complexity index is 599. The summed E-state index contributed by atoms with van der Waals surface area (Å²) < 4.78 is 35.3. The fourth-order valence-corrected chi connectivity index (χ4v) is 1.70. The molecule has 0 aliphatic heterocycles. The minimum absolute atomic E-state index is 0.114. The van der Waals surface area contributed by atoms with E-state index in [0.29, 0.717) is 0 Å². The molecule has 0 radical (unpaired) electrons. The highest BCUT2D eigenvalue weighted by Crippen LogP contribution is 2.16. The van der Waals surface area contributed by atoms with Gasteiger partial charge in [0, 0.05) is 17.8 Å². The van der Waals surface area contributed by atoms with Crippen LogP contribution in [0.1, 0.15) is 24.2 Å². The highest BCUT2D eigenvalue weighted by molar-refractivity contribution is 7.92. The SMILES string of the molecule is CC(C)(CNC(=O)c1cc(Cl)ccc1F)S(C)(=O)=O. The number of hydrogen-bond donors (Lipinski definition) is 1. The number of carbonyl (C=O) groups excluding carboxylic acids is 1. The number of benzene rings is 1. The lowest BCUT2D eigenvalue weighted by Gasteiger charge is -2.22. The zero-order valence-corrected chi connectivity index (χ0v) is 12.4. The molecule has 19 heavy (non-hydrogen) atoms. The molecule has 1 N–H and O–H groups in total. The molecule has 0 fully saturated rings. The molecule has 0 bridgehead atoms. The minimum atomic E-state index is -3.33. The first-order valence-corrected chi connectivity index (χ1v) is 7.74. The minimum Gasteiger partial charge on any atom is -0.350 e. The largest absolute Gasteiger partial charge is 0.350 e. The fourth-order valence-electron chi connectivity index (χ4n) is 1.19. The van der Waals surface area contributed by atoms with Crippen LogP contribution in [0.4, 0.5) is 4.39 Å². The zero-order valence-electron chi connectivity index (χ0n) is 10.8. The van der Waals surface area contributed by atoms with Gasteiger partial charge in [0.05, 0.1) is 10.3 Å². The molecule has 0 aliphatic carbocycles. The van der Waals surface area contributed by atoms with Crippen molar-refractivity contribution in [1.82, 2.24) is 5.32 Å². The molecular weight excluding hydrogens is 293 g/mol. The van der Waals surface area contributed by atoms with Gasteiger partial charge in [0.1, 0.15) is 5.82 Å². The maximum Gasteiger partial charge on any atom is 0.254 e. The first-order valence-electron chi connectivity index (χ1n) is 5.47. The Labute approximate surface area is 116 Å². The van der Waals surface area contributed by atoms with E-state index in [9.17, 15) is 17.6 Å². The summed E-state index contributed by atoms with van der Waals surface area (Å²) in [6, 6.07) is 3.60. The molecule has 1 aromatic carbocycles. The van der Waals surface area contributed by atoms with Crippen molar-refractivity contribution in [3.8, 4) is 0 Å². The molecular formula is C12H15ClFNO3S. The van der Waals surface area contributed by atoms with Crippen molar-refractivity contribution in [2.24, 2.45) is 0 Å². The van der Waals surface area contributed by atoms with Crippen LogP contribution in [0.5, 0.6) is 0 Å². The van der Waals surface area contributed by atoms with Crippen molar-refractivity contribution in [2.75, 3.05) is 12.8 Å². The standard InChI is InChI=1S/C12H15ClFNO3S/c1-12(2,19(3,17)18)7-15-11(16)9-6-8(13)4-5-10(9)14/h4-6H,7H2,1-3H3,(H,15,16). The second-order valence-corrected chi connectivity index (χ2v) is 7.92. The topological polar surface area (TPSA) is 63.2 Å². The van der Waals surface area contributed by atoms with E-state index in [1.807, 2.05) is 0 Å². The van der Waals surface area contributed by atoms with Gasteiger partial charge in [-0.25, -0.2) is 12.8 Å². The third kappa shape index (κ3) is 3.91. The van der Waals surface area contributed by atoms with E-state index < -0.39 is 26.3 Å². The van der Waals surface area contributed by atoms with E-state index in [-0.39, 0.29) is 17.1 Å². The Hall–Kier alpha value is -1.14. The lowest BCUT2D eigenvalue weighted by molar-refractivity contribution is 0.0946. The van der Waals surface area contributed by atoms with Crippen molar-refractivity contribution in [3.05, 3.63) is 34.6 Å². The maximum absolute atomic E-state index is 13.4. The van der Waals surface area contributed by atoms with Crippen LogP contribution in [0.3, 0.4) is 0 Å². The van der Waals surface area contributed by atoms with Gasteiger partial charge in [0.2, 0.25) is 0 Å². The molecule has 0 saturated carbocycles. The highest BCUT2D eigenvalue weighted by Gasteiger charge is 2.30. The molecule has 1 aromatic rings. The second kappa shape index (κ2) is 5.46. The molecule has 0 saturated heterocycles. The average Bonchev–Trinajstić information content (AvgIpc) is 2.28. The summed E-state index contributed by atoms with van der Waals surface area (Å²) in [6.45, 7) is 2.85. The van der Waals surface area contributed by atoms with Crippen molar-refractivity contribution < 1.29 is 17.6 Å².